The Morgan fingerprint density at radius 3 is 1.89 bits per heavy atom. The maximum Gasteiger partial charge on any atom is -0.0167 e. The molecule has 0 amide bonds. The summed E-state index contributed by atoms with van der Waals surface area (Å²) in [6, 6.07) is 0. The minimum Gasteiger partial charge on any atom is -0.0527 e. The Morgan fingerprint density at radius 2 is 1.03 bits per heavy atom. The summed E-state index contributed by atoms with van der Waals surface area (Å²) in [6.07, 6.45) is 17.0. The zero-order chi connectivity index (χ0) is 21.3. The smallest absolute Gasteiger partial charge is 0.0167 e. The van der Waals surface area contributed by atoms with E-state index in [1.807, 2.05) is 0 Å². The van der Waals surface area contributed by atoms with Crippen LogP contribution in [0.5, 0.6) is 0 Å². The topological polar surface area (TPSA) is 0 Å². The molecule has 0 aromatic carbocycles. The van der Waals surface area contributed by atoms with Gasteiger partial charge in [0.15, 0.2) is 0 Å². The van der Waals surface area contributed by atoms with Crippen LogP contribution in [0.3, 0.4) is 0 Å². The van der Waals surface area contributed by atoms with E-state index in [1.54, 1.807) is 64.2 Å². The fraction of sp³-hybridized carbons (Fsp3) is 1.00. The van der Waals surface area contributed by atoms with E-state index in [2.05, 4.69) is 0 Å². The summed E-state index contributed by atoms with van der Waals surface area (Å²) >= 11 is 0. The number of rotatable bonds is 0. The monoisotopic (exact) mass is 462 g/mol. The van der Waals surface area contributed by atoms with E-state index in [-0.39, 0.29) is 0 Å². The SMILES string of the molecule is C1CC2CC3CCC4C3C3C4C4C5C6C7C8C9C%10C%11CC%12CC%13CCC(C1)C8(C9C%10C%13%12%11)C7[C@@H]6C5C234. The molecule has 3 spiro atoms. The molecule has 24 unspecified atom stereocenters. The number of fused-ring (bicyclic) bond motifs is 9. The molecule has 0 saturated heterocycles. The third-order valence-corrected chi connectivity index (χ3v) is 21.2. The molecular formula is C35H42. The molecule has 0 N–H and O–H groups in total. The predicted octanol–water partition coefficient (Wildman–Crippen LogP) is 6.61. The molecule has 15 saturated carbocycles. The molecule has 182 valence electrons. The Kier molecular flexibility index (Phi) is 2.02. The van der Waals surface area contributed by atoms with E-state index in [0.29, 0.717) is 0 Å². The highest BCUT2D eigenvalue weighted by atomic mass is 15.1. The Morgan fingerprint density at radius 1 is 0.371 bits per heavy atom. The van der Waals surface area contributed by atoms with Crippen LogP contribution in [-0.4, -0.2) is 0 Å². The summed E-state index contributed by atoms with van der Waals surface area (Å²) in [5.41, 5.74) is 2.94. The van der Waals surface area contributed by atoms with E-state index in [1.165, 1.54) is 130 Å². The highest BCUT2D eigenvalue weighted by molar-refractivity contribution is 5.49. The molecule has 0 aromatic heterocycles. The van der Waals surface area contributed by atoms with Gasteiger partial charge in [0.2, 0.25) is 0 Å². The van der Waals surface area contributed by atoms with Crippen LogP contribution in [0, 0.1) is 146 Å². The Balaban J connectivity index is 0.919. The second-order valence-electron chi connectivity index (χ2n) is 18.9. The molecule has 15 aliphatic carbocycles. The lowest BCUT2D eigenvalue weighted by Gasteiger charge is -3.05. The van der Waals surface area contributed by atoms with Crippen molar-refractivity contribution in [2.45, 2.75) is 64.2 Å². The standard InChI is InChI=1S/C35H42/c1-2-12-5-6-14-9-15-10-17-20-22-28-24-21-23-27-19-16-7-4-11-8-13(3-1)35(27,26(19)18(11)16)30(23)25(21)29(24)34(12,28)32(22)31(20)33(14,15)17/h11-32H,1-10H2/t11?,12?,13?,14?,15?,16?,17?,18?,19?,20?,21?,22?,23?,24?,25-,26?,27?,28?,29?,30?,31?,32?,33?,34?,35?/m1/s1. The van der Waals surface area contributed by atoms with Crippen molar-refractivity contribution in [1.82, 2.24) is 0 Å². The van der Waals surface area contributed by atoms with Gasteiger partial charge in [-0.3, -0.25) is 0 Å². The van der Waals surface area contributed by atoms with Crippen LogP contribution in [-0.2, 0) is 0 Å². The normalized spacial score (nSPS) is 91.2. The number of hydrogen-bond donors (Lipinski definition) is 0. The maximum absolute atomic E-state index is 1.73. The van der Waals surface area contributed by atoms with Crippen LogP contribution in [0.1, 0.15) is 64.2 Å². The van der Waals surface area contributed by atoms with Crippen LogP contribution in [0.4, 0.5) is 0 Å². The zero-order valence-corrected chi connectivity index (χ0v) is 21.3. The first-order valence-electron chi connectivity index (χ1n) is 17.4. The van der Waals surface area contributed by atoms with Crippen LogP contribution < -0.4 is 0 Å². The molecule has 0 bridgehead atoms. The summed E-state index contributed by atoms with van der Waals surface area (Å²) in [4.78, 5) is 0. The van der Waals surface area contributed by atoms with Crippen molar-refractivity contribution in [1.29, 1.82) is 0 Å². The summed E-state index contributed by atoms with van der Waals surface area (Å²) in [7, 11) is 0. The van der Waals surface area contributed by atoms with Gasteiger partial charge in [-0.1, -0.05) is 6.42 Å². The van der Waals surface area contributed by atoms with Gasteiger partial charge in [0.25, 0.3) is 0 Å². The highest BCUT2D eigenvalue weighted by Gasteiger charge is 3.02. The first-order chi connectivity index (χ1) is 17.4. The Labute approximate surface area is 210 Å². The molecule has 35 heavy (non-hydrogen) atoms. The van der Waals surface area contributed by atoms with Crippen molar-refractivity contribution in [3.63, 3.8) is 0 Å². The summed E-state index contributed by atoms with van der Waals surface area (Å²) in [6.45, 7) is 0. The van der Waals surface area contributed by atoms with Gasteiger partial charge in [-0.05, 0) is 204 Å². The van der Waals surface area contributed by atoms with Crippen LogP contribution in [0.15, 0.2) is 0 Å². The van der Waals surface area contributed by atoms with E-state index in [9.17, 15) is 0 Å². The zero-order valence-electron chi connectivity index (χ0n) is 21.3. The lowest BCUT2D eigenvalue weighted by molar-refractivity contribution is -0.588. The van der Waals surface area contributed by atoms with Crippen LogP contribution >= 0.6 is 0 Å². The molecule has 0 aromatic rings. The van der Waals surface area contributed by atoms with E-state index >= 15 is 0 Å². The van der Waals surface area contributed by atoms with Crippen molar-refractivity contribution >= 4 is 0 Å². The first kappa shape index (κ1) is 16.9. The van der Waals surface area contributed by atoms with Gasteiger partial charge < -0.3 is 0 Å². The third kappa shape index (κ3) is 1.03. The summed E-state index contributed by atoms with van der Waals surface area (Å²) < 4.78 is 0. The van der Waals surface area contributed by atoms with Crippen LogP contribution in [0.25, 0.3) is 0 Å². The average molecular weight is 463 g/mol. The molecule has 0 radical (unpaired) electrons. The Hall–Kier alpha value is 0. The fourth-order valence-electron chi connectivity index (χ4n) is 22.1. The Bertz CT molecular complexity index is 1210. The molecular weight excluding hydrogens is 420 g/mol. The summed E-state index contributed by atoms with van der Waals surface area (Å²) in [5.74, 6) is 28.2. The molecule has 25 atom stereocenters. The molecule has 15 fully saturated rings. The van der Waals surface area contributed by atoms with Crippen molar-refractivity contribution in [2.75, 3.05) is 0 Å². The van der Waals surface area contributed by atoms with Gasteiger partial charge in [-0.15, -0.1) is 0 Å². The highest BCUT2D eigenvalue weighted by Crippen LogP contribution is 3.06. The van der Waals surface area contributed by atoms with Gasteiger partial charge in [0.1, 0.15) is 0 Å². The summed E-state index contributed by atoms with van der Waals surface area (Å²) in [5, 5.41) is 0. The van der Waals surface area contributed by atoms with Gasteiger partial charge in [-0.2, -0.15) is 0 Å². The van der Waals surface area contributed by atoms with Gasteiger partial charge in [0.05, 0.1) is 0 Å². The largest absolute Gasteiger partial charge is 0.0527 e. The lowest BCUT2D eigenvalue weighted by atomic mass is 8.99. The second-order valence-corrected chi connectivity index (χ2v) is 18.9. The molecule has 15 aliphatic rings. The van der Waals surface area contributed by atoms with Crippen molar-refractivity contribution in [2.24, 2.45) is 146 Å². The fourth-order valence-corrected chi connectivity index (χ4v) is 22.1. The lowest BCUT2D eigenvalue weighted by Crippen LogP contribution is -3.02. The molecule has 0 heteroatoms. The van der Waals surface area contributed by atoms with Crippen molar-refractivity contribution in [3.05, 3.63) is 0 Å². The van der Waals surface area contributed by atoms with Gasteiger partial charge in [0, 0.05) is 0 Å². The average Bonchev–Trinajstić information content (AvgIpc) is 3.17. The molecule has 0 aliphatic heterocycles. The maximum atomic E-state index is 1.73. The van der Waals surface area contributed by atoms with Gasteiger partial charge >= 0.3 is 0 Å². The quantitative estimate of drug-likeness (QED) is 0.380. The molecule has 15 rings (SSSR count). The van der Waals surface area contributed by atoms with Crippen LogP contribution in [0.2, 0.25) is 0 Å². The van der Waals surface area contributed by atoms with Crippen molar-refractivity contribution in [3.8, 4) is 0 Å². The predicted molar refractivity (Wildman–Crippen MR) is 130 cm³/mol. The first-order valence-corrected chi connectivity index (χ1v) is 17.4. The number of hydrogen-bond acceptors (Lipinski definition) is 0. The molecule has 0 heterocycles. The van der Waals surface area contributed by atoms with Gasteiger partial charge in [-0.25, -0.2) is 0 Å². The van der Waals surface area contributed by atoms with E-state index in [0.717, 1.165) is 16.2 Å². The third-order valence-electron chi connectivity index (χ3n) is 21.2. The van der Waals surface area contributed by atoms with Crippen molar-refractivity contribution < 1.29 is 0 Å². The minimum atomic E-state index is 0.966. The minimum absolute atomic E-state index is 0.966. The molecule has 0 nitrogen and oxygen atoms in total. The van der Waals surface area contributed by atoms with E-state index < -0.39 is 0 Å². The second kappa shape index (κ2) is 4.19. The van der Waals surface area contributed by atoms with E-state index in [4.69, 9.17) is 0 Å².